The van der Waals surface area contributed by atoms with Crippen molar-refractivity contribution in [1.82, 2.24) is 14.8 Å². The van der Waals surface area contributed by atoms with Gasteiger partial charge in [0.15, 0.2) is 0 Å². The van der Waals surface area contributed by atoms with Crippen molar-refractivity contribution in [3.63, 3.8) is 0 Å². The summed E-state index contributed by atoms with van der Waals surface area (Å²) in [7, 11) is 1.83. The lowest BCUT2D eigenvalue weighted by atomic mass is 10.0. The normalized spacial score (nSPS) is 13.7. The van der Waals surface area contributed by atoms with E-state index in [2.05, 4.69) is 5.32 Å². The van der Waals surface area contributed by atoms with Crippen LogP contribution in [-0.2, 0) is 24.4 Å². The lowest BCUT2D eigenvalue weighted by Gasteiger charge is -2.31. The van der Waals surface area contributed by atoms with Crippen LogP contribution in [0.25, 0.3) is 21.9 Å². The van der Waals surface area contributed by atoms with Crippen molar-refractivity contribution >= 4 is 51.0 Å². The topological polar surface area (TPSA) is 128 Å². The Hall–Kier alpha value is -4.48. The Kier molecular flexibility index (Phi) is 8.24. The number of anilines is 1. The Bertz CT molecular complexity index is 1900. The van der Waals surface area contributed by atoms with E-state index in [1.807, 2.05) is 48.3 Å². The van der Waals surface area contributed by atoms with Gasteiger partial charge in [-0.25, -0.2) is 0 Å². The number of aromatic nitrogens is 1. The number of carbonyl (C=O) groups is 2. The maximum Gasteiger partial charge on any atom is 0.257 e. The molecule has 226 valence electrons. The molecule has 3 aromatic carbocycles. The van der Waals surface area contributed by atoms with Gasteiger partial charge in [0.25, 0.3) is 5.91 Å². The molecule has 0 bridgehead atoms. The molecular weight excluding hydrogens is 584 g/mol. The molecular formula is C33H31ClN4O6. The zero-order chi connectivity index (χ0) is 31.0. The summed E-state index contributed by atoms with van der Waals surface area (Å²) in [5.41, 5.74) is 2.67. The van der Waals surface area contributed by atoms with Gasteiger partial charge in [0.2, 0.25) is 11.3 Å². The van der Waals surface area contributed by atoms with Gasteiger partial charge in [-0.15, -0.1) is 0 Å². The Morgan fingerprint density at radius 1 is 1.09 bits per heavy atom. The Labute approximate surface area is 257 Å². The highest BCUT2D eigenvalue weighted by molar-refractivity contribution is 6.30. The molecule has 0 aliphatic carbocycles. The zero-order valence-electron chi connectivity index (χ0n) is 24.0. The smallest absolute Gasteiger partial charge is 0.257 e. The van der Waals surface area contributed by atoms with E-state index in [0.29, 0.717) is 45.1 Å². The number of pyridine rings is 1. The number of aliphatic hydroxyl groups is 2. The summed E-state index contributed by atoms with van der Waals surface area (Å²) in [5, 5.41) is 25.1. The zero-order valence-corrected chi connectivity index (χ0v) is 24.8. The van der Waals surface area contributed by atoms with E-state index in [1.165, 1.54) is 11.1 Å². The molecule has 1 unspecified atom stereocenters. The Morgan fingerprint density at radius 3 is 2.61 bits per heavy atom. The number of nitrogens with one attached hydrogen (secondary N) is 1. The van der Waals surface area contributed by atoms with E-state index in [-0.39, 0.29) is 44.3 Å². The van der Waals surface area contributed by atoms with Gasteiger partial charge in [-0.3, -0.25) is 19.3 Å². The fourth-order valence-corrected chi connectivity index (χ4v) is 5.80. The van der Waals surface area contributed by atoms with Gasteiger partial charge in [-0.05, 0) is 54.6 Å². The first-order valence-electron chi connectivity index (χ1n) is 14.2. The number of β-amino-alcohol motifs (C(OH)–C–C–N with tert-alkyl or cyclic N) is 1. The minimum Gasteiger partial charge on any atom is -0.458 e. The third-order valence-electron chi connectivity index (χ3n) is 7.75. The number of amides is 2. The van der Waals surface area contributed by atoms with E-state index in [1.54, 1.807) is 34.9 Å². The molecule has 3 N–H and O–H groups in total. The van der Waals surface area contributed by atoms with Gasteiger partial charge in [0.05, 0.1) is 17.8 Å². The van der Waals surface area contributed by atoms with Crippen molar-refractivity contribution in [3.05, 3.63) is 111 Å². The summed E-state index contributed by atoms with van der Waals surface area (Å²) in [6.45, 7) is 0.494. The molecule has 3 heterocycles. The maximum atomic E-state index is 13.8. The first-order chi connectivity index (χ1) is 21.2. The highest BCUT2D eigenvalue weighted by Crippen LogP contribution is 2.32. The average molecular weight is 615 g/mol. The van der Waals surface area contributed by atoms with Gasteiger partial charge >= 0.3 is 0 Å². The number of carbonyl (C=O) groups excluding carboxylic acids is 2. The molecule has 5 aromatic rings. The van der Waals surface area contributed by atoms with Crippen molar-refractivity contribution < 1.29 is 24.2 Å². The lowest BCUT2D eigenvalue weighted by molar-refractivity contribution is -0.119. The molecule has 0 radical (unpaired) electrons. The second-order valence-corrected chi connectivity index (χ2v) is 11.4. The van der Waals surface area contributed by atoms with Gasteiger partial charge in [0.1, 0.15) is 29.6 Å². The average Bonchev–Trinajstić information content (AvgIpc) is 3.45. The van der Waals surface area contributed by atoms with Crippen LogP contribution in [0, 0.1) is 0 Å². The third kappa shape index (κ3) is 5.85. The van der Waals surface area contributed by atoms with Crippen LogP contribution in [-0.4, -0.2) is 58.2 Å². The molecule has 0 saturated carbocycles. The molecule has 10 nitrogen and oxygen atoms in total. The molecule has 0 fully saturated rings. The predicted octanol–water partition coefficient (Wildman–Crippen LogP) is 3.84. The Balaban J connectivity index is 1.31. The first kappa shape index (κ1) is 29.6. The van der Waals surface area contributed by atoms with Crippen molar-refractivity contribution in [2.24, 2.45) is 0 Å². The molecule has 1 atom stereocenters. The summed E-state index contributed by atoms with van der Waals surface area (Å²) in [5.74, 6) is -0.378. The fourth-order valence-electron chi connectivity index (χ4n) is 5.68. The van der Waals surface area contributed by atoms with E-state index in [0.717, 1.165) is 10.9 Å². The lowest BCUT2D eigenvalue weighted by Crippen LogP contribution is -2.41. The number of aliphatic hydroxyl groups excluding tert-OH is 2. The highest BCUT2D eigenvalue weighted by Gasteiger charge is 2.29. The van der Waals surface area contributed by atoms with Crippen molar-refractivity contribution in [3.8, 4) is 0 Å². The molecule has 11 heteroatoms. The fraction of sp³-hybridized carbons (Fsp3) is 0.242. The standard InChI is InChI=1S/C33H31ClN4O6/c1-36(18-27(40)29-14-22-4-2-3-5-28(22)44-29)16-21-12-24-31-26(13-21)38(10-11-39)30(41)19-37(31)17-25(32(24)42)33(43)35-15-20-6-8-23(34)9-7-20/h2-9,12-14,17,27,39-40H,10-11,15-16,18-19H2,1H3,(H,35,43). The van der Waals surface area contributed by atoms with Crippen LogP contribution in [0.2, 0.25) is 5.02 Å². The van der Waals surface area contributed by atoms with Gasteiger partial charge in [-0.2, -0.15) is 0 Å². The number of likely N-dealkylation sites (N-methyl/N-ethyl adjacent to an activating group) is 1. The van der Waals surface area contributed by atoms with Crippen LogP contribution in [0.1, 0.15) is 33.3 Å². The number of hydrogen-bond acceptors (Lipinski definition) is 7. The summed E-state index contributed by atoms with van der Waals surface area (Å²) in [6.07, 6.45) is 0.529. The van der Waals surface area contributed by atoms with E-state index in [9.17, 15) is 24.6 Å². The summed E-state index contributed by atoms with van der Waals surface area (Å²) >= 11 is 5.96. The number of para-hydroxylation sites is 1. The second-order valence-electron chi connectivity index (χ2n) is 11.0. The minimum absolute atomic E-state index is 0.0650. The number of nitrogens with zero attached hydrogens (tertiary/aromatic N) is 3. The minimum atomic E-state index is -0.896. The van der Waals surface area contributed by atoms with Crippen LogP contribution in [0.15, 0.2) is 82.1 Å². The Morgan fingerprint density at radius 2 is 1.86 bits per heavy atom. The van der Waals surface area contributed by atoms with Gasteiger partial charge < -0.3 is 29.4 Å². The summed E-state index contributed by atoms with van der Waals surface area (Å²) in [4.78, 5) is 43.5. The molecule has 2 amide bonds. The van der Waals surface area contributed by atoms with Crippen LogP contribution >= 0.6 is 11.6 Å². The first-order valence-corrected chi connectivity index (χ1v) is 14.6. The van der Waals surface area contributed by atoms with Crippen LogP contribution in [0.3, 0.4) is 0 Å². The number of fused-ring (bicyclic) bond motifs is 1. The van der Waals surface area contributed by atoms with E-state index >= 15 is 0 Å². The molecule has 44 heavy (non-hydrogen) atoms. The number of furan rings is 1. The molecule has 0 saturated heterocycles. The van der Waals surface area contributed by atoms with Crippen molar-refractivity contribution in [2.45, 2.75) is 25.7 Å². The van der Waals surface area contributed by atoms with Gasteiger partial charge in [0, 0.05) is 48.2 Å². The number of benzene rings is 3. The third-order valence-corrected chi connectivity index (χ3v) is 8.01. The van der Waals surface area contributed by atoms with Gasteiger partial charge in [-0.1, -0.05) is 41.9 Å². The maximum absolute atomic E-state index is 13.8. The highest BCUT2D eigenvalue weighted by atomic mass is 35.5. The SMILES string of the molecule is CN(Cc1cc2c3c(c1)c(=O)c(C(=O)NCc1ccc(Cl)cc1)cn3CC(=O)N2CCO)CC(O)c1cc2ccccc2o1. The van der Waals surface area contributed by atoms with Crippen LogP contribution < -0.4 is 15.6 Å². The second kappa shape index (κ2) is 12.3. The molecule has 6 rings (SSSR count). The summed E-state index contributed by atoms with van der Waals surface area (Å²) in [6, 6.07) is 19.9. The number of halogens is 1. The van der Waals surface area contributed by atoms with Crippen molar-refractivity contribution in [2.75, 3.05) is 31.6 Å². The van der Waals surface area contributed by atoms with Crippen molar-refractivity contribution in [1.29, 1.82) is 0 Å². The predicted molar refractivity (Wildman–Crippen MR) is 168 cm³/mol. The molecule has 1 aliphatic rings. The quantitative estimate of drug-likeness (QED) is 0.218. The number of hydrogen-bond donors (Lipinski definition) is 3. The molecule has 1 aliphatic heterocycles. The molecule has 2 aromatic heterocycles. The van der Waals surface area contributed by atoms with E-state index < -0.39 is 17.4 Å². The van der Waals surface area contributed by atoms with E-state index in [4.69, 9.17) is 16.0 Å². The largest absolute Gasteiger partial charge is 0.458 e. The molecule has 0 spiro atoms. The summed E-state index contributed by atoms with van der Waals surface area (Å²) < 4.78 is 7.44. The van der Waals surface area contributed by atoms with Crippen LogP contribution in [0.5, 0.6) is 0 Å². The monoisotopic (exact) mass is 614 g/mol. The number of rotatable bonds is 10. The van der Waals surface area contributed by atoms with Crippen LogP contribution in [0.4, 0.5) is 5.69 Å².